The molecule has 0 aliphatic heterocycles. The molecule has 1 heterocycles. The Hall–Kier alpha value is -0.690. The van der Waals surface area contributed by atoms with Gasteiger partial charge in [-0.3, -0.25) is 4.98 Å². The maximum atomic E-state index is 12.0. The molecule has 1 aliphatic carbocycles. The summed E-state index contributed by atoms with van der Waals surface area (Å²) < 4.78 is 32.1. The van der Waals surface area contributed by atoms with E-state index in [-0.39, 0.29) is 22.1 Å². The van der Waals surface area contributed by atoms with E-state index in [1.165, 1.54) is 18.5 Å². The largest absolute Gasteiger partial charge is 0.378 e. The van der Waals surface area contributed by atoms with Gasteiger partial charge < -0.3 is 4.74 Å². The summed E-state index contributed by atoms with van der Waals surface area (Å²) >= 11 is 5.85. The Bertz CT molecular complexity index is 515. The average molecular weight is 291 g/mol. The van der Waals surface area contributed by atoms with E-state index in [2.05, 4.69) is 9.71 Å². The summed E-state index contributed by atoms with van der Waals surface area (Å²) in [5, 5.41) is 0.179. The lowest BCUT2D eigenvalue weighted by Crippen LogP contribution is -2.47. The van der Waals surface area contributed by atoms with Crippen LogP contribution in [0.5, 0.6) is 0 Å². The minimum absolute atomic E-state index is 0.0199. The molecule has 1 fully saturated rings. The van der Waals surface area contributed by atoms with Gasteiger partial charge in [-0.15, -0.1) is 0 Å². The first kappa shape index (κ1) is 13.7. The summed E-state index contributed by atoms with van der Waals surface area (Å²) in [6, 6.07) is 1.38. The first-order valence-electron chi connectivity index (χ1n) is 5.76. The lowest BCUT2D eigenvalue weighted by molar-refractivity contribution is -0.00475. The molecule has 0 amide bonds. The third-order valence-corrected chi connectivity index (χ3v) is 4.83. The minimum Gasteiger partial charge on any atom is -0.378 e. The highest BCUT2D eigenvalue weighted by molar-refractivity contribution is 7.89. The van der Waals surface area contributed by atoms with E-state index in [1.54, 1.807) is 0 Å². The number of ether oxygens (including phenoxy) is 1. The molecule has 7 heteroatoms. The molecule has 1 aromatic rings. The highest BCUT2D eigenvalue weighted by atomic mass is 35.5. The van der Waals surface area contributed by atoms with E-state index in [1.807, 2.05) is 6.92 Å². The number of halogens is 1. The Morgan fingerprint density at radius 2 is 2.28 bits per heavy atom. The van der Waals surface area contributed by atoms with Crippen LogP contribution in [0.15, 0.2) is 23.4 Å². The second-order valence-electron chi connectivity index (χ2n) is 4.17. The van der Waals surface area contributed by atoms with E-state index in [0.29, 0.717) is 19.4 Å². The molecule has 0 aromatic carbocycles. The third kappa shape index (κ3) is 3.00. The SMILES string of the molecule is CCOC1CC(NS(=O)(=O)c2cnccc2Cl)C1. The summed E-state index contributed by atoms with van der Waals surface area (Å²) in [4.78, 5) is 3.80. The highest BCUT2D eigenvalue weighted by Gasteiger charge is 2.33. The van der Waals surface area contributed by atoms with Crippen molar-refractivity contribution >= 4 is 21.6 Å². The number of hydrogen-bond acceptors (Lipinski definition) is 4. The second-order valence-corrected chi connectivity index (χ2v) is 6.26. The number of nitrogens with one attached hydrogen (secondary N) is 1. The van der Waals surface area contributed by atoms with Crippen LogP contribution < -0.4 is 4.72 Å². The predicted octanol–water partition coefficient (Wildman–Crippen LogP) is 1.58. The number of sulfonamides is 1. The Balaban J connectivity index is 2.00. The van der Waals surface area contributed by atoms with Crippen molar-refractivity contribution in [3.63, 3.8) is 0 Å². The van der Waals surface area contributed by atoms with E-state index in [9.17, 15) is 8.42 Å². The maximum absolute atomic E-state index is 12.0. The van der Waals surface area contributed by atoms with Gasteiger partial charge in [-0.2, -0.15) is 0 Å². The van der Waals surface area contributed by atoms with Crippen molar-refractivity contribution in [1.29, 1.82) is 0 Å². The molecule has 0 spiro atoms. The van der Waals surface area contributed by atoms with Crippen molar-refractivity contribution in [2.24, 2.45) is 0 Å². The zero-order chi connectivity index (χ0) is 13.2. The van der Waals surface area contributed by atoms with Gasteiger partial charge in [0, 0.05) is 25.0 Å². The van der Waals surface area contributed by atoms with Crippen LogP contribution in [0.4, 0.5) is 0 Å². The summed E-state index contributed by atoms with van der Waals surface area (Å²) in [7, 11) is -3.59. The van der Waals surface area contributed by atoms with Gasteiger partial charge in [0.2, 0.25) is 10.0 Å². The molecule has 100 valence electrons. The Morgan fingerprint density at radius 1 is 1.56 bits per heavy atom. The third-order valence-electron chi connectivity index (χ3n) is 2.84. The number of nitrogens with zero attached hydrogens (tertiary/aromatic N) is 1. The second kappa shape index (κ2) is 5.52. The van der Waals surface area contributed by atoms with E-state index < -0.39 is 10.0 Å². The fourth-order valence-corrected chi connectivity index (χ4v) is 3.57. The van der Waals surface area contributed by atoms with Crippen molar-refractivity contribution in [2.45, 2.75) is 36.8 Å². The number of aromatic nitrogens is 1. The van der Waals surface area contributed by atoms with Crippen LogP contribution in [0.1, 0.15) is 19.8 Å². The first-order chi connectivity index (χ1) is 8.53. The van der Waals surface area contributed by atoms with Crippen LogP contribution in [0.25, 0.3) is 0 Å². The molecule has 1 aliphatic rings. The van der Waals surface area contributed by atoms with Gasteiger partial charge in [0.15, 0.2) is 0 Å². The highest BCUT2D eigenvalue weighted by Crippen LogP contribution is 2.26. The smallest absolute Gasteiger partial charge is 0.243 e. The molecule has 2 rings (SSSR count). The molecular weight excluding hydrogens is 276 g/mol. The van der Waals surface area contributed by atoms with Crippen LogP contribution in [-0.4, -0.2) is 32.2 Å². The lowest BCUT2D eigenvalue weighted by atomic mass is 9.90. The van der Waals surface area contributed by atoms with Gasteiger partial charge in [-0.05, 0) is 25.8 Å². The quantitative estimate of drug-likeness (QED) is 0.894. The van der Waals surface area contributed by atoms with Crippen molar-refractivity contribution in [3.05, 3.63) is 23.5 Å². The monoisotopic (exact) mass is 290 g/mol. The molecule has 0 bridgehead atoms. The predicted molar refractivity (Wildman–Crippen MR) is 68.0 cm³/mol. The topological polar surface area (TPSA) is 68.3 Å². The molecule has 0 atom stereocenters. The number of rotatable bonds is 5. The molecule has 0 radical (unpaired) electrons. The zero-order valence-corrected chi connectivity index (χ0v) is 11.5. The Labute approximate surface area is 112 Å². The molecule has 1 N–H and O–H groups in total. The first-order valence-corrected chi connectivity index (χ1v) is 7.62. The molecule has 0 saturated heterocycles. The van der Waals surface area contributed by atoms with Gasteiger partial charge in [0.25, 0.3) is 0 Å². The van der Waals surface area contributed by atoms with Gasteiger partial charge in [0.05, 0.1) is 11.1 Å². The van der Waals surface area contributed by atoms with Gasteiger partial charge in [0.1, 0.15) is 4.90 Å². The average Bonchev–Trinajstić information content (AvgIpc) is 2.26. The molecule has 0 unspecified atom stereocenters. The maximum Gasteiger partial charge on any atom is 0.243 e. The Morgan fingerprint density at radius 3 is 2.89 bits per heavy atom. The van der Waals surface area contributed by atoms with Gasteiger partial charge >= 0.3 is 0 Å². The molecule has 1 saturated carbocycles. The van der Waals surface area contributed by atoms with E-state index >= 15 is 0 Å². The summed E-state index contributed by atoms with van der Waals surface area (Å²) in [5.41, 5.74) is 0. The summed E-state index contributed by atoms with van der Waals surface area (Å²) in [6.45, 7) is 2.57. The van der Waals surface area contributed by atoms with Crippen molar-refractivity contribution in [2.75, 3.05) is 6.61 Å². The molecule has 1 aromatic heterocycles. The standard InChI is InChI=1S/C11H15ClN2O3S/c1-2-17-9-5-8(6-9)14-18(15,16)11-7-13-4-3-10(11)12/h3-4,7-9,14H,2,5-6H2,1H3. The fourth-order valence-electron chi connectivity index (χ4n) is 1.88. The molecule has 5 nitrogen and oxygen atoms in total. The van der Waals surface area contributed by atoms with Crippen molar-refractivity contribution in [1.82, 2.24) is 9.71 Å². The lowest BCUT2D eigenvalue weighted by Gasteiger charge is -2.35. The van der Waals surface area contributed by atoms with Gasteiger partial charge in [-0.1, -0.05) is 11.6 Å². The van der Waals surface area contributed by atoms with E-state index in [0.717, 1.165) is 0 Å². The van der Waals surface area contributed by atoms with Crippen LogP contribution in [0.2, 0.25) is 5.02 Å². The van der Waals surface area contributed by atoms with Crippen LogP contribution in [0.3, 0.4) is 0 Å². The summed E-state index contributed by atoms with van der Waals surface area (Å²) in [6.07, 6.45) is 4.27. The minimum atomic E-state index is -3.59. The van der Waals surface area contributed by atoms with Crippen LogP contribution in [0, 0.1) is 0 Å². The Kier molecular flexibility index (Phi) is 4.21. The van der Waals surface area contributed by atoms with E-state index in [4.69, 9.17) is 16.3 Å². The van der Waals surface area contributed by atoms with Crippen LogP contribution >= 0.6 is 11.6 Å². The fraction of sp³-hybridized carbons (Fsp3) is 0.545. The van der Waals surface area contributed by atoms with Crippen LogP contribution in [-0.2, 0) is 14.8 Å². The van der Waals surface area contributed by atoms with Crippen molar-refractivity contribution < 1.29 is 13.2 Å². The summed E-state index contributed by atoms with van der Waals surface area (Å²) in [5.74, 6) is 0. The number of pyridine rings is 1. The molecule has 18 heavy (non-hydrogen) atoms. The number of hydrogen-bond donors (Lipinski definition) is 1. The zero-order valence-electron chi connectivity index (χ0n) is 9.97. The van der Waals surface area contributed by atoms with Gasteiger partial charge in [-0.25, -0.2) is 13.1 Å². The van der Waals surface area contributed by atoms with Crippen molar-refractivity contribution in [3.8, 4) is 0 Å². The molecular formula is C11H15ClN2O3S. The normalized spacial score (nSPS) is 23.7.